The summed E-state index contributed by atoms with van der Waals surface area (Å²) in [7, 11) is 0. The number of hydrogen-bond donors (Lipinski definition) is 2. The summed E-state index contributed by atoms with van der Waals surface area (Å²) < 4.78 is 56.3. The lowest BCUT2D eigenvalue weighted by atomic mass is 9.95. The van der Waals surface area contributed by atoms with E-state index >= 15 is 0 Å². The zero-order valence-corrected chi connectivity index (χ0v) is 22.0. The molecular formula is C27H29F3N4O5. The Labute approximate surface area is 222 Å². The smallest absolute Gasteiger partial charge is 0.416 e. The van der Waals surface area contributed by atoms with Gasteiger partial charge in [-0.3, -0.25) is 10.1 Å². The molecule has 1 atom stereocenters. The van der Waals surface area contributed by atoms with Gasteiger partial charge in [0.25, 0.3) is 5.91 Å². The summed E-state index contributed by atoms with van der Waals surface area (Å²) in [5.41, 5.74) is 2.37. The normalized spacial score (nSPS) is 17.1. The summed E-state index contributed by atoms with van der Waals surface area (Å²) in [6.45, 7) is 8.06. The zero-order chi connectivity index (χ0) is 28.1. The van der Waals surface area contributed by atoms with Gasteiger partial charge in [-0.15, -0.1) is 0 Å². The lowest BCUT2D eigenvalue weighted by molar-refractivity contribution is -0.137. The lowest BCUT2D eigenvalue weighted by Crippen LogP contribution is -2.39. The number of aromatic nitrogens is 2. The minimum atomic E-state index is -4.47. The number of fused-ring (bicyclic) bond motifs is 4. The maximum Gasteiger partial charge on any atom is 0.416 e. The lowest BCUT2D eigenvalue weighted by Gasteiger charge is -2.35. The Balaban J connectivity index is 1.46. The van der Waals surface area contributed by atoms with Crippen molar-refractivity contribution in [3.8, 4) is 0 Å². The number of rotatable bonds is 4. The second-order valence-corrected chi connectivity index (χ2v) is 10.5. The maximum absolute atomic E-state index is 13.7. The molecule has 39 heavy (non-hydrogen) atoms. The molecule has 0 bridgehead atoms. The van der Waals surface area contributed by atoms with Crippen LogP contribution in [0.25, 0.3) is 11.0 Å². The average molecular weight is 547 g/mol. The monoisotopic (exact) mass is 546 g/mol. The number of carbonyl (C=O) groups is 2. The highest BCUT2D eigenvalue weighted by molar-refractivity contribution is 5.99. The molecule has 1 aromatic carbocycles. The number of anilines is 1. The Hall–Kier alpha value is -3.64. The molecule has 3 aromatic rings. The Morgan fingerprint density at radius 2 is 1.87 bits per heavy atom. The van der Waals surface area contributed by atoms with E-state index < -0.39 is 29.5 Å². The highest BCUT2D eigenvalue weighted by atomic mass is 19.4. The van der Waals surface area contributed by atoms with Gasteiger partial charge < -0.3 is 24.1 Å². The molecule has 1 unspecified atom stereocenters. The van der Waals surface area contributed by atoms with E-state index in [1.807, 2.05) is 0 Å². The van der Waals surface area contributed by atoms with Gasteiger partial charge >= 0.3 is 12.3 Å². The van der Waals surface area contributed by atoms with Crippen LogP contribution in [0.5, 0.6) is 0 Å². The van der Waals surface area contributed by atoms with E-state index in [4.69, 9.17) is 14.2 Å². The van der Waals surface area contributed by atoms with Crippen LogP contribution in [0.1, 0.15) is 72.0 Å². The van der Waals surface area contributed by atoms with E-state index in [9.17, 15) is 22.8 Å². The molecule has 4 heterocycles. The van der Waals surface area contributed by atoms with Crippen molar-refractivity contribution in [3.05, 3.63) is 57.8 Å². The quantitative estimate of drug-likeness (QED) is 0.436. The van der Waals surface area contributed by atoms with Gasteiger partial charge in [0.1, 0.15) is 17.1 Å². The first-order chi connectivity index (χ1) is 18.4. The molecule has 0 radical (unpaired) electrons. The van der Waals surface area contributed by atoms with Gasteiger partial charge in [-0.25, -0.2) is 9.78 Å². The van der Waals surface area contributed by atoms with Crippen LogP contribution in [0.4, 0.5) is 23.8 Å². The van der Waals surface area contributed by atoms with Crippen molar-refractivity contribution in [2.24, 2.45) is 0 Å². The third-order valence-electron chi connectivity index (χ3n) is 6.66. The summed E-state index contributed by atoms with van der Waals surface area (Å²) in [5.74, 6) is -0.0594. The van der Waals surface area contributed by atoms with Gasteiger partial charge in [0.2, 0.25) is 0 Å². The van der Waals surface area contributed by atoms with Gasteiger partial charge in [-0.2, -0.15) is 13.2 Å². The number of nitrogens with zero attached hydrogens (tertiary/aromatic N) is 2. The van der Waals surface area contributed by atoms with Crippen LogP contribution < -0.4 is 5.32 Å². The van der Waals surface area contributed by atoms with Gasteiger partial charge in [-0.05, 0) is 57.0 Å². The van der Waals surface area contributed by atoms with Crippen LogP contribution in [0.3, 0.4) is 0 Å². The number of nitrogens with one attached hydrogen (secondary N) is 2. The number of aromatic amines is 1. The first-order valence-corrected chi connectivity index (χ1v) is 12.6. The largest absolute Gasteiger partial charge is 0.444 e. The van der Waals surface area contributed by atoms with Crippen LogP contribution in [0, 0.1) is 0 Å². The number of H-pyrrole nitrogens is 1. The van der Waals surface area contributed by atoms with Crippen molar-refractivity contribution < 1.29 is 37.0 Å². The fourth-order valence-corrected chi connectivity index (χ4v) is 4.95. The van der Waals surface area contributed by atoms with E-state index in [1.165, 1.54) is 6.07 Å². The SMILES string of the molecule is CCN(C(=O)c1cc2nc(NC(=O)OC(C)(C)C)c3c(c2[nH]1)COC3)C1COCc2cc(C(F)(F)F)ccc21. The Morgan fingerprint density at radius 3 is 2.56 bits per heavy atom. The molecule has 9 nitrogen and oxygen atoms in total. The molecule has 0 spiro atoms. The van der Waals surface area contributed by atoms with Crippen molar-refractivity contribution in [1.82, 2.24) is 14.9 Å². The summed E-state index contributed by atoms with van der Waals surface area (Å²) in [6, 6.07) is 4.56. The second kappa shape index (κ2) is 9.83. The number of amides is 2. The minimum absolute atomic E-state index is 0.0391. The summed E-state index contributed by atoms with van der Waals surface area (Å²) in [6.07, 6.45) is -5.13. The Kier molecular flexibility index (Phi) is 6.79. The molecule has 2 amide bonds. The van der Waals surface area contributed by atoms with Crippen molar-refractivity contribution in [2.45, 2.75) is 65.3 Å². The highest BCUT2D eigenvalue weighted by Crippen LogP contribution is 2.37. The predicted molar refractivity (Wildman–Crippen MR) is 135 cm³/mol. The van der Waals surface area contributed by atoms with E-state index in [0.717, 1.165) is 17.7 Å². The third-order valence-corrected chi connectivity index (χ3v) is 6.66. The van der Waals surface area contributed by atoms with Crippen LogP contribution in [-0.2, 0) is 40.2 Å². The summed E-state index contributed by atoms with van der Waals surface area (Å²) >= 11 is 0. The van der Waals surface area contributed by atoms with Gasteiger partial charge in [-0.1, -0.05) is 6.07 Å². The average Bonchev–Trinajstić information content (AvgIpc) is 3.50. The topological polar surface area (TPSA) is 106 Å². The molecule has 0 fully saturated rings. The van der Waals surface area contributed by atoms with Crippen molar-refractivity contribution >= 4 is 28.9 Å². The Bertz CT molecular complexity index is 1440. The molecule has 208 valence electrons. The number of carbonyl (C=O) groups excluding carboxylic acids is 2. The molecule has 0 aliphatic carbocycles. The number of ether oxygens (including phenoxy) is 3. The fourth-order valence-electron chi connectivity index (χ4n) is 4.95. The van der Waals surface area contributed by atoms with Crippen LogP contribution in [0.15, 0.2) is 24.3 Å². The van der Waals surface area contributed by atoms with Crippen LogP contribution in [-0.4, -0.2) is 45.6 Å². The molecule has 5 rings (SSSR count). The first-order valence-electron chi connectivity index (χ1n) is 12.6. The standard InChI is InChI=1S/C27H29F3N4O5/c1-5-34(21-13-37-10-14-8-15(27(28,29)30)6-7-16(14)21)24(35)20-9-19-22(31-20)17-11-38-12-18(17)23(32-19)33-25(36)39-26(2,3)4/h6-9,21,31H,5,10-13H2,1-4H3,(H,32,33,36). The third kappa shape index (κ3) is 5.30. The molecule has 0 saturated carbocycles. The Morgan fingerprint density at radius 1 is 1.13 bits per heavy atom. The number of pyridine rings is 1. The van der Waals surface area contributed by atoms with Gasteiger partial charge in [0.05, 0.1) is 49.1 Å². The number of alkyl halides is 3. The van der Waals surface area contributed by atoms with E-state index in [2.05, 4.69) is 15.3 Å². The molecule has 2 N–H and O–H groups in total. The van der Waals surface area contributed by atoms with Crippen molar-refractivity contribution in [1.29, 1.82) is 0 Å². The summed E-state index contributed by atoms with van der Waals surface area (Å²) in [5, 5.41) is 2.68. The first kappa shape index (κ1) is 26.9. The fraction of sp³-hybridized carbons (Fsp3) is 0.444. The molecule has 2 aliphatic heterocycles. The molecule has 2 aromatic heterocycles. The second-order valence-electron chi connectivity index (χ2n) is 10.5. The van der Waals surface area contributed by atoms with E-state index in [0.29, 0.717) is 40.1 Å². The maximum atomic E-state index is 13.7. The zero-order valence-electron chi connectivity index (χ0n) is 22.0. The van der Waals surface area contributed by atoms with Crippen molar-refractivity contribution in [2.75, 3.05) is 18.5 Å². The van der Waals surface area contributed by atoms with Crippen molar-refractivity contribution in [3.63, 3.8) is 0 Å². The molecule has 0 saturated heterocycles. The van der Waals surface area contributed by atoms with E-state index in [1.54, 1.807) is 38.7 Å². The number of likely N-dealkylation sites (N-methyl/N-ethyl adjacent to an activating group) is 1. The highest BCUT2D eigenvalue weighted by Gasteiger charge is 2.35. The number of hydrogen-bond acceptors (Lipinski definition) is 6. The minimum Gasteiger partial charge on any atom is -0.444 e. The van der Waals surface area contributed by atoms with Gasteiger partial charge in [0.15, 0.2) is 0 Å². The number of benzene rings is 1. The molecular weight excluding hydrogens is 517 g/mol. The van der Waals surface area contributed by atoms with Crippen LogP contribution >= 0.6 is 0 Å². The van der Waals surface area contributed by atoms with Crippen LogP contribution in [0.2, 0.25) is 0 Å². The predicted octanol–water partition coefficient (Wildman–Crippen LogP) is 5.69. The molecule has 2 aliphatic rings. The van der Waals surface area contributed by atoms with Gasteiger partial charge in [0, 0.05) is 17.7 Å². The summed E-state index contributed by atoms with van der Waals surface area (Å²) in [4.78, 5) is 35.4. The van der Waals surface area contributed by atoms with E-state index in [-0.39, 0.29) is 38.0 Å². The molecule has 12 heteroatoms. The number of halogens is 3.